The summed E-state index contributed by atoms with van der Waals surface area (Å²) in [6, 6.07) is 8.33. The van der Waals surface area contributed by atoms with Gasteiger partial charge in [-0.05, 0) is 35.4 Å². The van der Waals surface area contributed by atoms with Gasteiger partial charge in [-0.2, -0.15) is 0 Å². The zero-order valence-electron chi connectivity index (χ0n) is 9.99. The zero-order valence-corrected chi connectivity index (χ0v) is 12.3. The van der Waals surface area contributed by atoms with Gasteiger partial charge in [0.25, 0.3) is 0 Å². The molecule has 0 amide bonds. The maximum Gasteiger partial charge on any atom is 0.152 e. The van der Waals surface area contributed by atoms with Gasteiger partial charge in [0.1, 0.15) is 5.75 Å². The standard InChI is InChI=1S/C14H11Cl3O2/c1-7(8-2-3-13(18)10(15)4-8)9-5-11(16)14(19)12(17)6-9/h2-7,18-19H,1H3. The molecule has 0 fully saturated rings. The Bertz CT molecular complexity index is 603. The van der Waals surface area contributed by atoms with E-state index in [2.05, 4.69) is 0 Å². The van der Waals surface area contributed by atoms with E-state index in [1.165, 1.54) is 6.07 Å². The second-order valence-electron chi connectivity index (χ2n) is 4.27. The molecule has 2 rings (SSSR count). The topological polar surface area (TPSA) is 40.5 Å². The molecule has 0 saturated heterocycles. The number of rotatable bonds is 2. The first-order chi connectivity index (χ1) is 8.90. The SMILES string of the molecule is CC(c1ccc(O)c(Cl)c1)c1cc(Cl)c(O)c(Cl)c1. The monoisotopic (exact) mass is 316 g/mol. The van der Waals surface area contributed by atoms with Crippen LogP contribution in [0, 0.1) is 0 Å². The number of aromatic hydroxyl groups is 2. The molecule has 2 N–H and O–H groups in total. The predicted octanol–water partition coefficient (Wildman–Crippen LogP) is 5.21. The highest BCUT2D eigenvalue weighted by molar-refractivity contribution is 6.37. The molecule has 1 atom stereocenters. The molecule has 0 bridgehead atoms. The molecule has 2 aromatic rings. The van der Waals surface area contributed by atoms with Crippen LogP contribution in [0.25, 0.3) is 0 Å². The van der Waals surface area contributed by atoms with E-state index in [4.69, 9.17) is 34.8 Å². The van der Waals surface area contributed by atoms with Gasteiger partial charge in [-0.3, -0.25) is 0 Å². The molecule has 1 unspecified atom stereocenters. The fourth-order valence-corrected chi connectivity index (χ4v) is 2.51. The van der Waals surface area contributed by atoms with E-state index in [1.807, 2.05) is 6.92 Å². The summed E-state index contributed by atoms with van der Waals surface area (Å²) in [6.45, 7) is 1.96. The fourth-order valence-electron chi connectivity index (χ4n) is 1.82. The van der Waals surface area contributed by atoms with E-state index in [0.29, 0.717) is 5.02 Å². The van der Waals surface area contributed by atoms with Crippen molar-refractivity contribution < 1.29 is 10.2 Å². The molecule has 100 valence electrons. The number of hydrogen-bond acceptors (Lipinski definition) is 2. The van der Waals surface area contributed by atoms with Crippen molar-refractivity contribution in [1.82, 2.24) is 0 Å². The molecule has 0 aromatic heterocycles. The van der Waals surface area contributed by atoms with Crippen LogP contribution in [0.15, 0.2) is 30.3 Å². The molecule has 2 nitrogen and oxygen atoms in total. The number of phenolic OH excluding ortho intramolecular Hbond substituents is 2. The van der Waals surface area contributed by atoms with Crippen molar-refractivity contribution in [2.45, 2.75) is 12.8 Å². The highest BCUT2D eigenvalue weighted by atomic mass is 35.5. The van der Waals surface area contributed by atoms with E-state index in [0.717, 1.165) is 11.1 Å². The molecule has 5 heteroatoms. The molecule has 0 radical (unpaired) electrons. The van der Waals surface area contributed by atoms with Crippen molar-refractivity contribution in [3.8, 4) is 11.5 Å². The van der Waals surface area contributed by atoms with Gasteiger partial charge in [0.2, 0.25) is 0 Å². The Hall–Kier alpha value is -1.09. The van der Waals surface area contributed by atoms with E-state index in [-0.39, 0.29) is 27.5 Å². The number of hydrogen-bond donors (Lipinski definition) is 2. The van der Waals surface area contributed by atoms with Crippen LogP contribution in [0.2, 0.25) is 15.1 Å². The normalized spacial score (nSPS) is 12.4. The Labute approximate surface area is 126 Å². The van der Waals surface area contributed by atoms with Gasteiger partial charge in [-0.1, -0.05) is 47.8 Å². The quantitative estimate of drug-likeness (QED) is 0.798. The Kier molecular flexibility index (Phi) is 4.14. The van der Waals surface area contributed by atoms with Crippen molar-refractivity contribution in [3.05, 3.63) is 56.5 Å². The minimum atomic E-state index is -0.122. The molecular weight excluding hydrogens is 307 g/mol. The molecule has 19 heavy (non-hydrogen) atoms. The smallest absolute Gasteiger partial charge is 0.152 e. The van der Waals surface area contributed by atoms with Crippen molar-refractivity contribution in [1.29, 1.82) is 0 Å². The molecule has 0 aliphatic carbocycles. The van der Waals surface area contributed by atoms with Crippen LogP contribution in [0.4, 0.5) is 0 Å². The third-order valence-electron chi connectivity index (χ3n) is 3.01. The number of phenols is 2. The predicted molar refractivity (Wildman–Crippen MR) is 78.8 cm³/mol. The minimum Gasteiger partial charge on any atom is -0.506 e. The summed E-state index contributed by atoms with van der Waals surface area (Å²) >= 11 is 17.7. The van der Waals surface area contributed by atoms with Crippen LogP contribution in [0.1, 0.15) is 24.0 Å². The molecule has 0 aliphatic rings. The first kappa shape index (κ1) is 14.3. The van der Waals surface area contributed by atoms with Gasteiger partial charge >= 0.3 is 0 Å². The van der Waals surface area contributed by atoms with Gasteiger partial charge < -0.3 is 10.2 Å². The van der Waals surface area contributed by atoms with Crippen molar-refractivity contribution in [3.63, 3.8) is 0 Å². The van der Waals surface area contributed by atoms with Crippen molar-refractivity contribution >= 4 is 34.8 Å². The first-order valence-corrected chi connectivity index (χ1v) is 6.70. The van der Waals surface area contributed by atoms with Gasteiger partial charge in [-0.25, -0.2) is 0 Å². The van der Waals surface area contributed by atoms with E-state index < -0.39 is 0 Å². The lowest BCUT2D eigenvalue weighted by molar-refractivity contribution is 0.475. The van der Waals surface area contributed by atoms with Crippen LogP contribution in [0.3, 0.4) is 0 Å². The summed E-state index contributed by atoms with van der Waals surface area (Å²) in [6.07, 6.45) is 0. The lowest BCUT2D eigenvalue weighted by Gasteiger charge is -2.15. The average Bonchev–Trinajstić information content (AvgIpc) is 2.37. The molecule has 2 aromatic carbocycles. The maximum absolute atomic E-state index is 9.55. The van der Waals surface area contributed by atoms with Crippen LogP contribution in [-0.2, 0) is 0 Å². The summed E-state index contributed by atoms with van der Waals surface area (Å²) in [5, 5.41) is 19.7. The van der Waals surface area contributed by atoms with Gasteiger partial charge in [0, 0.05) is 5.92 Å². The molecular formula is C14H11Cl3O2. The lowest BCUT2D eigenvalue weighted by atomic mass is 9.93. The third kappa shape index (κ3) is 2.92. The van der Waals surface area contributed by atoms with Crippen molar-refractivity contribution in [2.75, 3.05) is 0 Å². The van der Waals surface area contributed by atoms with Crippen molar-refractivity contribution in [2.24, 2.45) is 0 Å². The first-order valence-electron chi connectivity index (χ1n) is 5.56. The summed E-state index contributed by atoms with van der Waals surface area (Å²) in [7, 11) is 0. The third-order valence-corrected chi connectivity index (χ3v) is 3.89. The molecule has 0 heterocycles. The average molecular weight is 318 g/mol. The van der Waals surface area contributed by atoms with E-state index in [9.17, 15) is 10.2 Å². The Morgan fingerprint density at radius 1 is 0.842 bits per heavy atom. The lowest BCUT2D eigenvalue weighted by Crippen LogP contribution is -1.96. The summed E-state index contributed by atoms with van der Waals surface area (Å²) in [5.41, 5.74) is 1.77. The van der Waals surface area contributed by atoms with Gasteiger partial charge in [0.15, 0.2) is 5.75 Å². The minimum absolute atomic E-state index is 0.0197. The van der Waals surface area contributed by atoms with Gasteiger partial charge in [-0.15, -0.1) is 0 Å². The Morgan fingerprint density at radius 3 is 1.89 bits per heavy atom. The summed E-state index contributed by atoms with van der Waals surface area (Å²) in [4.78, 5) is 0. The molecule has 0 aliphatic heterocycles. The van der Waals surface area contributed by atoms with E-state index >= 15 is 0 Å². The molecule has 0 spiro atoms. The highest BCUT2D eigenvalue weighted by Gasteiger charge is 2.14. The zero-order chi connectivity index (χ0) is 14.2. The number of benzene rings is 2. The Balaban J connectivity index is 2.43. The fraction of sp³-hybridized carbons (Fsp3) is 0.143. The van der Waals surface area contributed by atoms with Crippen LogP contribution in [-0.4, -0.2) is 10.2 Å². The Morgan fingerprint density at radius 2 is 1.37 bits per heavy atom. The number of halogens is 3. The van der Waals surface area contributed by atoms with Crippen LogP contribution in [0.5, 0.6) is 11.5 Å². The second kappa shape index (κ2) is 5.49. The summed E-state index contributed by atoms with van der Waals surface area (Å²) < 4.78 is 0. The van der Waals surface area contributed by atoms with Gasteiger partial charge in [0.05, 0.1) is 15.1 Å². The molecule has 0 saturated carbocycles. The highest BCUT2D eigenvalue weighted by Crippen LogP contribution is 2.37. The maximum atomic E-state index is 9.55. The largest absolute Gasteiger partial charge is 0.506 e. The van der Waals surface area contributed by atoms with E-state index in [1.54, 1.807) is 24.3 Å². The van der Waals surface area contributed by atoms with Crippen LogP contribution < -0.4 is 0 Å². The second-order valence-corrected chi connectivity index (χ2v) is 5.49. The van der Waals surface area contributed by atoms with Crippen LogP contribution >= 0.6 is 34.8 Å². The summed E-state index contributed by atoms with van der Waals surface area (Å²) in [5.74, 6) is -0.101.